The normalized spacial score (nSPS) is 15.3. The SMILES string of the molecule is CC(CNS(=O)(=O)C(C)CF)c1ccc(I)cc1. The molecular weight excluding hydrogens is 368 g/mol. The number of sulfonamides is 1. The maximum Gasteiger partial charge on any atom is 0.216 e. The Bertz CT molecular complexity index is 475. The Kier molecular flexibility index (Phi) is 6.00. The molecular formula is C12H17FINO2S. The van der Waals surface area contributed by atoms with Gasteiger partial charge in [-0.2, -0.15) is 0 Å². The van der Waals surface area contributed by atoms with Crippen LogP contribution in [0.4, 0.5) is 4.39 Å². The van der Waals surface area contributed by atoms with Gasteiger partial charge < -0.3 is 0 Å². The molecule has 2 unspecified atom stereocenters. The molecule has 0 radical (unpaired) electrons. The van der Waals surface area contributed by atoms with Gasteiger partial charge >= 0.3 is 0 Å². The number of nitrogens with one attached hydrogen (secondary N) is 1. The number of rotatable bonds is 6. The summed E-state index contributed by atoms with van der Waals surface area (Å²) in [6.45, 7) is 2.71. The lowest BCUT2D eigenvalue weighted by Crippen LogP contribution is -2.35. The molecule has 0 saturated carbocycles. The minimum Gasteiger partial charge on any atom is -0.250 e. The zero-order valence-electron chi connectivity index (χ0n) is 10.4. The van der Waals surface area contributed by atoms with Gasteiger partial charge in [0.15, 0.2) is 0 Å². The molecule has 2 atom stereocenters. The van der Waals surface area contributed by atoms with Gasteiger partial charge in [0.2, 0.25) is 10.0 Å². The van der Waals surface area contributed by atoms with Crippen molar-refractivity contribution in [2.24, 2.45) is 0 Å². The third-order valence-electron chi connectivity index (χ3n) is 2.78. The third-order valence-corrected chi connectivity index (χ3v) is 5.25. The molecule has 0 heterocycles. The highest BCUT2D eigenvalue weighted by atomic mass is 127. The molecule has 0 fully saturated rings. The van der Waals surface area contributed by atoms with E-state index in [1.165, 1.54) is 6.92 Å². The van der Waals surface area contributed by atoms with Crippen molar-refractivity contribution in [1.82, 2.24) is 4.72 Å². The van der Waals surface area contributed by atoms with Crippen LogP contribution in [0.5, 0.6) is 0 Å². The summed E-state index contributed by atoms with van der Waals surface area (Å²) in [6, 6.07) is 7.90. The average molecular weight is 385 g/mol. The zero-order valence-corrected chi connectivity index (χ0v) is 13.3. The summed E-state index contributed by atoms with van der Waals surface area (Å²) in [4.78, 5) is 0. The topological polar surface area (TPSA) is 46.2 Å². The van der Waals surface area contributed by atoms with Gasteiger partial charge in [-0.15, -0.1) is 0 Å². The van der Waals surface area contributed by atoms with Crippen molar-refractivity contribution in [3.63, 3.8) is 0 Å². The van der Waals surface area contributed by atoms with E-state index in [0.29, 0.717) is 0 Å². The van der Waals surface area contributed by atoms with Crippen LogP contribution < -0.4 is 4.72 Å². The average Bonchev–Trinajstić information content (AvgIpc) is 2.35. The molecule has 0 saturated heterocycles. The summed E-state index contributed by atoms with van der Waals surface area (Å²) in [5.74, 6) is 0.0589. The Morgan fingerprint density at radius 2 is 1.83 bits per heavy atom. The summed E-state index contributed by atoms with van der Waals surface area (Å²) < 4.78 is 39.1. The van der Waals surface area contributed by atoms with Crippen molar-refractivity contribution >= 4 is 32.6 Å². The predicted octanol–water partition coefficient (Wildman–Crippen LogP) is 2.67. The van der Waals surface area contributed by atoms with E-state index in [4.69, 9.17) is 0 Å². The number of benzene rings is 1. The van der Waals surface area contributed by atoms with Crippen LogP contribution in [0.2, 0.25) is 0 Å². The lowest BCUT2D eigenvalue weighted by atomic mass is 10.0. The molecule has 102 valence electrons. The van der Waals surface area contributed by atoms with Gasteiger partial charge in [-0.05, 0) is 53.1 Å². The highest BCUT2D eigenvalue weighted by Gasteiger charge is 2.20. The molecule has 1 N–H and O–H groups in total. The van der Waals surface area contributed by atoms with Gasteiger partial charge in [-0.1, -0.05) is 19.1 Å². The molecule has 1 aromatic carbocycles. The molecule has 0 aliphatic heterocycles. The Morgan fingerprint density at radius 3 is 2.33 bits per heavy atom. The number of halogens is 2. The molecule has 1 aromatic rings. The molecule has 0 aromatic heterocycles. The van der Waals surface area contributed by atoms with Crippen LogP contribution in [0, 0.1) is 3.57 Å². The van der Waals surface area contributed by atoms with E-state index in [2.05, 4.69) is 27.3 Å². The second-order valence-electron chi connectivity index (χ2n) is 4.31. The molecule has 0 bridgehead atoms. The van der Waals surface area contributed by atoms with Gasteiger partial charge in [-0.25, -0.2) is 17.5 Å². The van der Waals surface area contributed by atoms with E-state index >= 15 is 0 Å². The van der Waals surface area contributed by atoms with Gasteiger partial charge in [0.1, 0.15) is 11.9 Å². The van der Waals surface area contributed by atoms with Crippen molar-refractivity contribution in [3.8, 4) is 0 Å². The zero-order chi connectivity index (χ0) is 13.8. The highest BCUT2D eigenvalue weighted by Crippen LogP contribution is 2.16. The minimum absolute atomic E-state index is 0.0589. The van der Waals surface area contributed by atoms with E-state index in [1.807, 2.05) is 31.2 Å². The largest absolute Gasteiger partial charge is 0.250 e. The van der Waals surface area contributed by atoms with Crippen LogP contribution in [-0.2, 0) is 10.0 Å². The van der Waals surface area contributed by atoms with Gasteiger partial charge in [-0.3, -0.25) is 0 Å². The molecule has 0 spiro atoms. The van der Waals surface area contributed by atoms with E-state index in [1.54, 1.807) is 0 Å². The summed E-state index contributed by atoms with van der Waals surface area (Å²) in [7, 11) is -3.55. The fraction of sp³-hybridized carbons (Fsp3) is 0.500. The summed E-state index contributed by atoms with van der Waals surface area (Å²) in [5, 5.41) is -0.999. The first-order chi connectivity index (χ1) is 8.36. The van der Waals surface area contributed by atoms with Crippen LogP contribution in [0.15, 0.2) is 24.3 Å². The number of hydrogen-bond donors (Lipinski definition) is 1. The number of alkyl halides is 1. The van der Waals surface area contributed by atoms with E-state index in [9.17, 15) is 12.8 Å². The Balaban J connectivity index is 2.61. The van der Waals surface area contributed by atoms with Crippen LogP contribution in [-0.4, -0.2) is 26.9 Å². The first kappa shape index (κ1) is 15.8. The van der Waals surface area contributed by atoms with E-state index in [0.717, 1.165) is 9.13 Å². The summed E-state index contributed by atoms with van der Waals surface area (Å²) in [6.07, 6.45) is 0. The fourth-order valence-electron chi connectivity index (χ4n) is 1.38. The van der Waals surface area contributed by atoms with Crippen molar-refractivity contribution < 1.29 is 12.8 Å². The first-order valence-corrected chi connectivity index (χ1v) is 8.29. The summed E-state index contributed by atoms with van der Waals surface area (Å²) >= 11 is 2.21. The van der Waals surface area contributed by atoms with Crippen molar-refractivity contribution in [1.29, 1.82) is 0 Å². The molecule has 18 heavy (non-hydrogen) atoms. The lowest BCUT2D eigenvalue weighted by molar-refractivity contribution is 0.471. The van der Waals surface area contributed by atoms with Crippen LogP contribution in [0.25, 0.3) is 0 Å². The predicted molar refractivity (Wildman–Crippen MR) is 79.9 cm³/mol. The second-order valence-corrected chi connectivity index (χ2v) is 7.74. The number of hydrogen-bond acceptors (Lipinski definition) is 2. The highest BCUT2D eigenvalue weighted by molar-refractivity contribution is 14.1. The van der Waals surface area contributed by atoms with Gasteiger partial charge in [0.25, 0.3) is 0 Å². The van der Waals surface area contributed by atoms with Crippen molar-refractivity contribution in [2.45, 2.75) is 25.0 Å². The van der Waals surface area contributed by atoms with Crippen LogP contribution in [0.1, 0.15) is 25.3 Å². The van der Waals surface area contributed by atoms with E-state index < -0.39 is 21.9 Å². The van der Waals surface area contributed by atoms with Gasteiger partial charge in [0, 0.05) is 10.1 Å². The summed E-state index contributed by atoms with van der Waals surface area (Å²) in [5.41, 5.74) is 1.06. The molecule has 0 amide bonds. The van der Waals surface area contributed by atoms with Gasteiger partial charge in [0.05, 0.1) is 0 Å². The minimum atomic E-state index is -3.55. The third kappa shape index (κ3) is 4.47. The molecule has 1 rings (SSSR count). The van der Waals surface area contributed by atoms with Crippen LogP contribution in [0.3, 0.4) is 0 Å². The maximum atomic E-state index is 12.4. The standard InChI is InChI=1S/C12H17FINO2S/c1-9(11-3-5-12(14)6-4-11)8-15-18(16,17)10(2)7-13/h3-6,9-10,15H,7-8H2,1-2H3. The monoisotopic (exact) mass is 385 g/mol. The first-order valence-electron chi connectivity index (χ1n) is 5.66. The van der Waals surface area contributed by atoms with E-state index in [-0.39, 0.29) is 12.5 Å². The lowest BCUT2D eigenvalue weighted by Gasteiger charge is -2.15. The molecule has 6 heteroatoms. The second kappa shape index (κ2) is 6.81. The maximum absolute atomic E-state index is 12.4. The molecule has 0 aliphatic rings. The van der Waals surface area contributed by atoms with Crippen LogP contribution >= 0.6 is 22.6 Å². The Morgan fingerprint density at radius 1 is 1.28 bits per heavy atom. The smallest absolute Gasteiger partial charge is 0.216 e. The fourth-order valence-corrected chi connectivity index (χ4v) is 2.67. The quantitative estimate of drug-likeness (QED) is 0.766. The molecule has 0 aliphatic carbocycles. The van der Waals surface area contributed by atoms with Crippen molar-refractivity contribution in [2.75, 3.05) is 13.2 Å². The van der Waals surface area contributed by atoms with Crippen molar-refractivity contribution in [3.05, 3.63) is 33.4 Å². The Labute approximate surface area is 121 Å². The Hall–Kier alpha value is -0.210. The molecule has 3 nitrogen and oxygen atoms in total.